The zero-order chi connectivity index (χ0) is 16.5. The van der Waals surface area contributed by atoms with E-state index in [2.05, 4.69) is 50.1 Å². The third-order valence-electron chi connectivity index (χ3n) is 5.22. The van der Waals surface area contributed by atoms with E-state index in [-0.39, 0.29) is 0 Å². The van der Waals surface area contributed by atoms with E-state index in [4.69, 9.17) is 10.7 Å². The van der Waals surface area contributed by atoms with Crippen molar-refractivity contribution in [3.05, 3.63) is 45.6 Å². The number of hydrogen-bond acceptors (Lipinski definition) is 4. The third kappa shape index (κ3) is 2.90. The number of aryl methyl sites for hydroxylation is 1. The first-order valence-electron chi connectivity index (χ1n) is 8.90. The number of nitrogens with two attached hydrogens (primary N) is 1. The number of nitrogens with zero attached hydrogens (tertiary/aromatic N) is 3. The first-order valence-corrected chi connectivity index (χ1v) is 9.69. The average Bonchev–Trinajstić information content (AvgIpc) is 2.91. The number of aromatic nitrogens is 2. The van der Waals surface area contributed by atoms with Gasteiger partial charge in [0.1, 0.15) is 5.82 Å². The van der Waals surface area contributed by atoms with Crippen LogP contribution in [0.15, 0.2) is 28.7 Å². The minimum absolute atomic E-state index is 0.349. The molecule has 0 saturated carbocycles. The van der Waals surface area contributed by atoms with Crippen molar-refractivity contribution in [1.82, 2.24) is 9.97 Å². The maximum absolute atomic E-state index is 6.03. The minimum atomic E-state index is 0.349. The van der Waals surface area contributed by atoms with E-state index >= 15 is 0 Å². The summed E-state index contributed by atoms with van der Waals surface area (Å²) in [5, 5.41) is 0. The molecule has 1 aliphatic carbocycles. The van der Waals surface area contributed by atoms with Gasteiger partial charge >= 0.3 is 0 Å². The van der Waals surface area contributed by atoms with Crippen molar-refractivity contribution in [2.24, 2.45) is 0 Å². The van der Waals surface area contributed by atoms with Gasteiger partial charge in [-0.15, -0.1) is 0 Å². The highest BCUT2D eigenvalue weighted by atomic mass is 79.9. The zero-order valence-electron chi connectivity index (χ0n) is 13.8. The zero-order valence-corrected chi connectivity index (χ0v) is 15.4. The van der Waals surface area contributed by atoms with Crippen LogP contribution in [-0.2, 0) is 12.8 Å². The summed E-state index contributed by atoms with van der Waals surface area (Å²) in [7, 11) is 0. The maximum Gasteiger partial charge on any atom is 0.222 e. The van der Waals surface area contributed by atoms with Crippen LogP contribution in [0.2, 0.25) is 0 Å². The number of hydrogen-bond donors (Lipinski definition) is 1. The number of rotatable bonds is 2. The van der Waals surface area contributed by atoms with Gasteiger partial charge in [0.05, 0.1) is 11.7 Å². The van der Waals surface area contributed by atoms with Crippen molar-refractivity contribution in [1.29, 1.82) is 0 Å². The molecule has 4 rings (SSSR count). The average molecular weight is 387 g/mol. The summed E-state index contributed by atoms with van der Waals surface area (Å²) in [6.07, 6.45) is 8.16. The Hall–Kier alpha value is -1.62. The Labute approximate surface area is 151 Å². The maximum atomic E-state index is 6.03. The molecule has 1 aromatic heterocycles. The van der Waals surface area contributed by atoms with Crippen molar-refractivity contribution in [2.45, 2.75) is 51.0 Å². The summed E-state index contributed by atoms with van der Waals surface area (Å²) in [6.45, 7) is 1.04. The number of nitrogen functional groups attached to an aromatic ring is 1. The Bertz CT molecular complexity index is 746. The fourth-order valence-corrected chi connectivity index (χ4v) is 4.65. The lowest BCUT2D eigenvalue weighted by Gasteiger charge is -2.33. The van der Waals surface area contributed by atoms with E-state index in [0.717, 1.165) is 43.7 Å². The molecular formula is C19H23BrN4. The molecule has 2 heterocycles. The fraction of sp³-hybridized carbons (Fsp3) is 0.474. The largest absolute Gasteiger partial charge is 0.368 e. The molecule has 1 unspecified atom stereocenters. The molecule has 0 amide bonds. The van der Waals surface area contributed by atoms with Gasteiger partial charge in [-0.3, -0.25) is 0 Å². The smallest absolute Gasteiger partial charge is 0.222 e. The lowest BCUT2D eigenvalue weighted by atomic mass is 10.0. The standard InChI is InChI=1S/C19H23BrN4/c20-15-9-4-3-7-13(15)17-11-2-1-5-12-24(17)18-14-8-6-10-16(14)22-19(21)23-18/h3-4,7,9,17H,1-2,5-6,8,10-12H2,(H2,21,22,23). The second kappa shape index (κ2) is 6.71. The summed E-state index contributed by atoms with van der Waals surface area (Å²) in [5.74, 6) is 1.50. The van der Waals surface area contributed by atoms with E-state index in [1.807, 2.05) is 0 Å². The molecule has 0 radical (unpaired) electrons. The second-order valence-electron chi connectivity index (χ2n) is 6.76. The summed E-state index contributed by atoms with van der Waals surface area (Å²) in [6, 6.07) is 8.92. The molecule has 4 nitrogen and oxygen atoms in total. The molecule has 24 heavy (non-hydrogen) atoms. The van der Waals surface area contributed by atoms with Gasteiger partial charge in [0, 0.05) is 16.6 Å². The van der Waals surface area contributed by atoms with Crippen LogP contribution in [0.5, 0.6) is 0 Å². The van der Waals surface area contributed by atoms with Crippen molar-refractivity contribution in [3.8, 4) is 0 Å². The molecule has 1 atom stereocenters. The first-order chi connectivity index (χ1) is 11.7. The van der Waals surface area contributed by atoms with E-state index in [0.29, 0.717) is 12.0 Å². The highest BCUT2D eigenvalue weighted by molar-refractivity contribution is 9.10. The molecule has 2 N–H and O–H groups in total. The quantitative estimate of drug-likeness (QED) is 0.828. The van der Waals surface area contributed by atoms with Crippen LogP contribution in [0, 0.1) is 0 Å². The van der Waals surface area contributed by atoms with E-state index in [9.17, 15) is 0 Å². The number of benzene rings is 1. The Balaban J connectivity index is 1.81. The summed E-state index contributed by atoms with van der Waals surface area (Å²) in [4.78, 5) is 11.7. The minimum Gasteiger partial charge on any atom is -0.368 e. The van der Waals surface area contributed by atoms with Crippen LogP contribution >= 0.6 is 15.9 Å². The Morgan fingerprint density at radius 1 is 1.04 bits per heavy atom. The van der Waals surface area contributed by atoms with Crippen molar-refractivity contribution >= 4 is 27.7 Å². The topological polar surface area (TPSA) is 55.0 Å². The number of fused-ring (bicyclic) bond motifs is 1. The molecule has 5 heteroatoms. The lowest BCUT2D eigenvalue weighted by molar-refractivity contribution is 0.592. The van der Waals surface area contributed by atoms with Crippen LogP contribution in [0.4, 0.5) is 11.8 Å². The van der Waals surface area contributed by atoms with Gasteiger partial charge in [-0.25, -0.2) is 4.98 Å². The van der Waals surface area contributed by atoms with E-state index in [1.165, 1.54) is 34.9 Å². The molecule has 2 aromatic rings. The molecular weight excluding hydrogens is 364 g/mol. The van der Waals surface area contributed by atoms with E-state index in [1.54, 1.807) is 0 Å². The fourth-order valence-electron chi connectivity index (χ4n) is 4.10. The highest BCUT2D eigenvalue weighted by Gasteiger charge is 2.29. The van der Waals surface area contributed by atoms with Gasteiger partial charge in [0.2, 0.25) is 5.95 Å². The molecule has 2 aliphatic rings. The molecule has 1 fully saturated rings. The molecule has 0 bridgehead atoms. The van der Waals surface area contributed by atoms with Gasteiger partial charge in [0.15, 0.2) is 0 Å². The Kier molecular flexibility index (Phi) is 4.44. The van der Waals surface area contributed by atoms with Gasteiger partial charge in [-0.1, -0.05) is 47.0 Å². The summed E-state index contributed by atoms with van der Waals surface area (Å²) < 4.78 is 1.18. The highest BCUT2D eigenvalue weighted by Crippen LogP contribution is 2.40. The Morgan fingerprint density at radius 3 is 2.79 bits per heavy atom. The van der Waals surface area contributed by atoms with Crippen LogP contribution in [0.25, 0.3) is 0 Å². The Morgan fingerprint density at radius 2 is 1.92 bits per heavy atom. The molecule has 1 aliphatic heterocycles. The van der Waals surface area contributed by atoms with Crippen molar-refractivity contribution in [3.63, 3.8) is 0 Å². The predicted molar refractivity (Wildman–Crippen MR) is 101 cm³/mol. The van der Waals surface area contributed by atoms with Crippen molar-refractivity contribution < 1.29 is 0 Å². The van der Waals surface area contributed by atoms with Gasteiger partial charge in [-0.05, 0) is 43.7 Å². The van der Waals surface area contributed by atoms with Gasteiger partial charge in [-0.2, -0.15) is 4.98 Å². The molecule has 0 spiro atoms. The van der Waals surface area contributed by atoms with Crippen LogP contribution in [0.1, 0.15) is 55.0 Å². The third-order valence-corrected chi connectivity index (χ3v) is 5.94. The summed E-state index contributed by atoms with van der Waals surface area (Å²) in [5.41, 5.74) is 9.87. The van der Waals surface area contributed by atoms with E-state index < -0.39 is 0 Å². The summed E-state index contributed by atoms with van der Waals surface area (Å²) >= 11 is 3.75. The predicted octanol–water partition coefficient (Wildman–Crippen LogP) is 4.43. The van der Waals surface area contributed by atoms with Gasteiger partial charge in [0.25, 0.3) is 0 Å². The molecule has 126 valence electrons. The van der Waals surface area contributed by atoms with Crippen LogP contribution < -0.4 is 10.6 Å². The normalized spacial score (nSPS) is 20.7. The first kappa shape index (κ1) is 15.9. The monoisotopic (exact) mass is 386 g/mol. The molecule has 1 saturated heterocycles. The SMILES string of the molecule is Nc1nc2c(c(N3CCCCCC3c3ccccc3Br)n1)CCC2. The molecule has 1 aromatic carbocycles. The van der Waals surface area contributed by atoms with Crippen molar-refractivity contribution in [2.75, 3.05) is 17.2 Å². The number of halogens is 1. The van der Waals surface area contributed by atoms with Crippen LogP contribution in [-0.4, -0.2) is 16.5 Å². The number of anilines is 2. The van der Waals surface area contributed by atoms with Gasteiger partial charge < -0.3 is 10.6 Å². The lowest BCUT2D eigenvalue weighted by Crippen LogP contribution is -2.31. The second-order valence-corrected chi connectivity index (χ2v) is 7.62. The van der Waals surface area contributed by atoms with Crippen LogP contribution in [0.3, 0.4) is 0 Å².